The normalized spacial score (nSPS) is 11.8. The number of aromatic amines is 1. The van der Waals surface area contributed by atoms with Gasteiger partial charge in [0, 0.05) is 36.0 Å². The lowest BCUT2D eigenvalue weighted by atomic mass is 9.98. The van der Waals surface area contributed by atoms with Gasteiger partial charge in [-0.15, -0.1) is 0 Å². The van der Waals surface area contributed by atoms with Crippen LogP contribution in [0.5, 0.6) is 0 Å². The van der Waals surface area contributed by atoms with E-state index in [-0.39, 0.29) is 6.42 Å². The number of anilines is 1. The van der Waals surface area contributed by atoms with Crippen LogP contribution in [0.3, 0.4) is 0 Å². The lowest BCUT2D eigenvalue weighted by Gasteiger charge is -2.17. The minimum absolute atomic E-state index is 0.0835. The first-order valence-electron chi connectivity index (χ1n) is 11.4. The maximum absolute atomic E-state index is 13.7. The average molecular weight is 492 g/mol. The number of hydrogen-bond acceptors (Lipinski definition) is 6. The highest BCUT2D eigenvalue weighted by Crippen LogP contribution is 2.21. The Morgan fingerprint density at radius 3 is 2.64 bits per heavy atom. The summed E-state index contributed by atoms with van der Waals surface area (Å²) in [4.78, 5) is 31.8. The van der Waals surface area contributed by atoms with Crippen LogP contribution < -0.4 is 10.6 Å². The first-order valence-corrected chi connectivity index (χ1v) is 11.4. The number of imidazole rings is 1. The minimum Gasteiger partial charge on any atom is -0.480 e. The molecule has 4 N–H and O–H groups in total. The van der Waals surface area contributed by atoms with Gasteiger partial charge in [0.25, 0.3) is 5.91 Å². The number of hydrogen-bond donors (Lipinski definition) is 4. The van der Waals surface area contributed by atoms with E-state index in [1.807, 2.05) is 25.1 Å². The fourth-order valence-electron chi connectivity index (χ4n) is 3.96. The molecule has 0 radical (unpaired) electrons. The molecule has 0 aliphatic carbocycles. The van der Waals surface area contributed by atoms with Crippen molar-refractivity contribution >= 4 is 17.8 Å². The summed E-state index contributed by atoms with van der Waals surface area (Å²) < 4.78 is 19.1. The van der Waals surface area contributed by atoms with Crippen LogP contribution in [0.2, 0.25) is 0 Å². The maximum Gasteiger partial charge on any atom is 0.326 e. The molecule has 1 unspecified atom stereocenters. The van der Waals surface area contributed by atoms with E-state index >= 15 is 0 Å². The van der Waals surface area contributed by atoms with E-state index in [9.17, 15) is 19.1 Å². The van der Waals surface area contributed by atoms with Crippen molar-refractivity contribution in [2.24, 2.45) is 0 Å². The summed E-state index contributed by atoms with van der Waals surface area (Å²) in [5.41, 5.74) is 3.47. The van der Waals surface area contributed by atoms with Crippen molar-refractivity contribution in [3.05, 3.63) is 88.7 Å². The van der Waals surface area contributed by atoms with E-state index in [0.29, 0.717) is 47.1 Å². The number of H-pyrrole nitrogens is 1. The van der Waals surface area contributed by atoms with Crippen LogP contribution in [0, 0.1) is 12.7 Å². The molecule has 1 atom stereocenters. The summed E-state index contributed by atoms with van der Waals surface area (Å²) in [6.45, 7) is 3.86. The first-order chi connectivity index (χ1) is 17.3. The summed E-state index contributed by atoms with van der Waals surface area (Å²) in [5, 5.41) is 19.5. The Kier molecular flexibility index (Phi) is 7.43. The lowest BCUT2D eigenvalue weighted by molar-refractivity contribution is -0.139. The van der Waals surface area contributed by atoms with Gasteiger partial charge in [-0.25, -0.2) is 14.2 Å². The van der Waals surface area contributed by atoms with Crippen molar-refractivity contribution in [3.8, 4) is 11.3 Å². The third-order valence-electron chi connectivity index (χ3n) is 5.77. The van der Waals surface area contributed by atoms with Gasteiger partial charge in [0.05, 0.1) is 6.54 Å². The van der Waals surface area contributed by atoms with Crippen molar-refractivity contribution in [3.63, 3.8) is 0 Å². The number of carboxylic acid groups (broad SMARTS) is 1. The summed E-state index contributed by atoms with van der Waals surface area (Å²) in [5.74, 6) is -0.870. The predicted octanol–water partition coefficient (Wildman–Crippen LogP) is 4.11. The van der Waals surface area contributed by atoms with Crippen molar-refractivity contribution in [1.29, 1.82) is 0 Å². The molecule has 0 aliphatic rings. The molecule has 36 heavy (non-hydrogen) atoms. The van der Waals surface area contributed by atoms with Crippen LogP contribution in [0.4, 0.5) is 10.3 Å². The summed E-state index contributed by atoms with van der Waals surface area (Å²) in [6.07, 6.45) is 3.88. The van der Waals surface area contributed by atoms with Gasteiger partial charge >= 0.3 is 5.97 Å². The molecule has 0 fully saturated rings. The first kappa shape index (κ1) is 24.6. The Morgan fingerprint density at radius 2 is 1.97 bits per heavy atom. The highest BCUT2D eigenvalue weighted by Gasteiger charge is 2.24. The number of halogens is 1. The molecule has 2 aromatic carbocycles. The molecule has 0 saturated heterocycles. The monoisotopic (exact) mass is 491 g/mol. The van der Waals surface area contributed by atoms with Crippen LogP contribution in [-0.2, 0) is 24.2 Å². The van der Waals surface area contributed by atoms with Crippen LogP contribution >= 0.6 is 0 Å². The standard InChI is InChI=1S/C26H26FN5O4/c1-3-17-12-19(27)10-15(2)23(17)24(33)31-22(25(34)35)11-16-4-6-18(7-5-16)21-13-20(36-32-21)14-30-26-28-8-9-29-26/h4-10,12-13,22H,3,11,14H2,1-2H3,(H,31,33)(H,34,35)(H2,28,29,30). The number of benzene rings is 2. The molecule has 10 heteroatoms. The summed E-state index contributed by atoms with van der Waals surface area (Å²) >= 11 is 0. The molecule has 0 aliphatic heterocycles. The molecular weight excluding hydrogens is 465 g/mol. The smallest absolute Gasteiger partial charge is 0.326 e. The van der Waals surface area contributed by atoms with E-state index in [0.717, 1.165) is 11.1 Å². The second-order valence-electron chi connectivity index (χ2n) is 8.35. The van der Waals surface area contributed by atoms with Gasteiger partial charge in [0.2, 0.25) is 0 Å². The SMILES string of the molecule is CCc1cc(F)cc(C)c1C(=O)NC(Cc1ccc(-c2cc(CNc3ncc[nH]3)on2)cc1)C(=O)O. The van der Waals surface area contributed by atoms with Gasteiger partial charge in [-0.3, -0.25) is 4.79 Å². The van der Waals surface area contributed by atoms with Gasteiger partial charge in [0.15, 0.2) is 11.7 Å². The molecule has 186 valence electrons. The molecule has 2 aromatic heterocycles. The number of carbonyl (C=O) groups excluding carboxylic acids is 1. The Labute approximate surface area is 206 Å². The average Bonchev–Trinajstić information content (AvgIpc) is 3.54. The van der Waals surface area contributed by atoms with E-state index < -0.39 is 23.7 Å². The van der Waals surface area contributed by atoms with Crippen molar-refractivity contribution in [1.82, 2.24) is 20.4 Å². The zero-order chi connectivity index (χ0) is 25.7. The zero-order valence-corrected chi connectivity index (χ0v) is 19.8. The third kappa shape index (κ3) is 5.77. The molecule has 2 heterocycles. The zero-order valence-electron chi connectivity index (χ0n) is 19.8. The van der Waals surface area contributed by atoms with Gasteiger partial charge in [-0.05, 0) is 42.2 Å². The number of aliphatic carboxylic acids is 1. The number of rotatable bonds is 10. The Bertz CT molecular complexity index is 1350. The lowest BCUT2D eigenvalue weighted by Crippen LogP contribution is -2.42. The largest absolute Gasteiger partial charge is 0.480 e. The fourth-order valence-corrected chi connectivity index (χ4v) is 3.96. The van der Waals surface area contributed by atoms with Crippen LogP contribution in [0.15, 0.2) is 59.4 Å². The van der Waals surface area contributed by atoms with Gasteiger partial charge in [-0.1, -0.05) is 36.3 Å². The molecule has 0 bridgehead atoms. The van der Waals surface area contributed by atoms with Crippen molar-refractivity contribution < 1.29 is 23.6 Å². The number of aryl methyl sites for hydroxylation is 2. The van der Waals surface area contributed by atoms with Crippen molar-refractivity contribution in [2.45, 2.75) is 39.3 Å². The van der Waals surface area contributed by atoms with Gasteiger partial charge < -0.3 is 25.2 Å². The Balaban J connectivity index is 1.42. The number of aromatic nitrogens is 3. The fraction of sp³-hybridized carbons (Fsp3) is 0.231. The number of amides is 1. The molecular formula is C26H26FN5O4. The number of nitrogens with one attached hydrogen (secondary N) is 3. The minimum atomic E-state index is -1.16. The summed E-state index contributed by atoms with van der Waals surface area (Å²) in [6, 6.07) is 10.4. The van der Waals surface area contributed by atoms with Crippen molar-refractivity contribution in [2.75, 3.05) is 5.32 Å². The van der Waals surface area contributed by atoms with E-state index in [1.165, 1.54) is 12.1 Å². The molecule has 4 aromatic rings. The number of nitrogens with zero attached hydrogens (tertiary/aromatic N) is 2. The van der Waals surface area contributed by atoms with Crippen LogP contribution in [0.1, 0.15) is 39.7 Å². The molecule has 0 saturated carbocycles. The highest BCUT2D eigenvalue weighted by atomic mass is 19.1. The summed E-state index contributed by atoms with van der Waals surface area (Å²) in [7, 11) is 0. The third-order valence-corrected chi connectivity index (χ3v) is 5.77. The topological polar surface area (TPSA) is 133 Å². The van der Waals surface area contributed by atoms with E-state index in [4.69, 9.17) is 4.52 Å². The van der Waals surface area contributed by atoms with Gasteiger partial charge in [0.1, 0.15) is 17.6 Å². The predicted molar refractivity (Wildman–Crippen MR) is 131 cm³/mol. The van der Waals surface area contributed by atoms with E-state index in [1.54, 1.807) is 31.5 Å². The van der Waals surface area contributed by atoms with Gasteiger partial charge in [-0.2, -0.15) is 0 Å². The number of carboxylic acids is 1. The quantitative estimate of drug-likeness (QED) is 0.262. The molecule has 4 rings (SSSR count). The maximum atomic E-state index is 13.7. The Hall–Kier alpha value is -4.47. The molecule has 0 spiro atoms. The molecule has 9 nitrogen and oxygen atoms in total. The van der Waals surface area contributed by atoms with Crippen LogP contribution in [0.25, 0.3) is 11.3 Å². The highest BCUT2D eigenvalue weighted by molar-refractivity contribution is 5.99. The number of carbonyl (C=O) groups is 2. The second kappa shape index (κ2) is 10.9. The van der Waals surface area contributed by atoms with E-state index in [2.05, 4.69) is 25.8 Å². The molecule has 1 amide bonds. The Morgan fingerprint density at radius 1 is 1.19 bits per heavy atom. The van der Waals surface area contributed by atoms with Crippen LogP contribution in [-0.4, -0.2) is 38.1 Å². The second-order valence-corrected chi connectivity index (χ2v) is 8.35.